The van der Waals surface area contributed by atoms with Gasteiger partial charge in [-0.2, -0.15) is 0 Å². The lowest BCUT2D eigenvalue weighted by molar-refractivity contribution is -0.137. The molecule has 0 spiro atoms. The van der Waals surface area contributed by atoms with E-state index in [1.165, 1.54) is 12.2 Å². The van der Waals surface area contributed by atoms with Crippen LogP contribution in [0.1, 0.15) is 51.9 Å². The minimum atomic E-state index is -0.968. The van der Waals surface area contributed by atoms with Crippen LogP contribution in [0.3, 0.4) is 0 Å². The van der Waals surface area contributed by atoms with Gasteiger partial charge in [0.1, 0.15) is 6.10 Å². The molecule has 0 aromatic heterocycles. The van der Waals surface area contributed by atoms with E-state index in [2.05, 4.69) is 31.2 Å². The maximum absolute atomic E-state index is 10.5. The Bertz CT molecular complexity index is 551. The van der Waals surface area contributed by atoms with E-state index in [-0.39, 0.29) is 12.8 Å². The lowest BCUT2D eigenvalue weighted by atomic mass is 10.0. The number of aliphatic carboxylic acids is 1. The molecule has 0 aromatic rings. The van der Waals surface area contributed by atoms with E-state index >= 15 is 0 Å². The highest BCUT2D eigenvalue weighted by atomic mass is 16.5. The van der Waals surface area contributed by atoms with E-state index in [4.69, 9.17) is 9.84 Å². The molecule has 158 valence electrons. The zero-order valence-corrected chi connectivity index (χ0v) is 16.6. The molecule has 6 heteroatoms. The smallest absolute Gasteiger partial charge is 0.303 e. The standard InChI is InChI=1S/C22H34O6/c1-2-3-4-5-6-7-8-9-10-11-18(24)21-16-19(25)20(28-21)14-12-17(23)13-15-22(26)27/h3-4,6-7,9-10,12,14,17-21,23-25H,2,5,8,11,13,15-16H2,1H3,(H,26,27)/b4-3-,7-6-,10-9-,14-12+/t17-,18-,19+,20+,21+/m0/s1. The van der Waals surface area contributed by atoms with E-state index in [9.17, 15) is 20.1 Å². The van der Waals surface area contributed by atoms with E-state index < -0.39 is 36.5 Å². The van der Waals surface area contributed by atoms with Crippen molar-refractivity contribution < 1.29 is 30.0 Å². The Hall–Kier alpha value is -1.73. The second kappa shape index (κ2) is 14.3. The van der Waals surface area contributed by atoms with Crippen molar-refractivity contribution in [3.63, 3.8) is 0 Å². The van der Waals surface area contributed by atoms with Crippen molar-refractivity contribution in [2.45, 2.75) is 82.4 Å². The first kappa shape index (κ1) is 24.3. The van der Waals surface area contributed by atoms with E-state index in [0.717, 1.165) is 19.3 Å². The Labute approximate surface area is 167 Å². The fraction of sp³-hybridized carbons (Fsp3) is 0.591. The summed E-state index contributed by atoms with van der Waals surface area (Å²) in [5.74, 6) is -0.968. The summed E-state index contributed by atoms with van der Waals surface area (Å²) in [5, 5.41) is 38.6. The number of hydrogen-bond donors (Lipinski definition) is 4. The maximum atomic E-state index is 10.5. The first-order valence-corrected chi connectivity index (χ1v) is 9.98. The zero-order valence-electron chi connectivity index (χ0n) is 16.6. The van der Waals surface area contributed by atoms with Gasteiger partial charge < -0.3 is 25.2 Å². The van der Waals surface area contributed by atoms with Crippen LogP contribution in [0, 0.1) is 0 Å². The zero-order chi connectivity index (χ0) is 20.8. The van der Waals surface area contributed by atoms with Crippen molar-refractivity contribution in [3.05, 3.63) is 48.6 Å². The highest BCUT2D eigenvalue weighted by Gasteiger charge is 2.35. The molecule has 28 heavy (non-hydrogen) atoms. The van der Waals surface area contributed by atoms with Crippen LogP contribution in [0.25, 0.3) is 0 Å². The van der Waals surface area contributed by atoms with Gasteiger partial charge >= 0.3 is 5.97 Å². The van der Waals surface area contributed by atoms with Gasteiger partial charge in [0, 0.05) is 12.8 Å². The number of allylic oxidation sites excluding steroid dienone is 5. The van der Waals surface area contributed by atoms with Gasteiger partial charge in [-0.05, 0) is 32.1 Å². The molecule has 0 aliphatic carbocycles. The normalized spacial score (nSPS) is 25.5. The molecular formula is C22H34O6. The highest BCUT2D eigenvalue weighted by molar-refractivity contribution is 5.66. The van der Waals surface area contributed by atoms with Crippen LogP contribution in [-0.2, 0) is 9.53 Å². The number of carboxylic acid groups (broad SMARTS) is 1. The van der Waals surface area contributed by atoms with Crippen LogP contribution in [0.5, 0.6) is 0 Å². The van der Waals surface area contributed by atoms with Gasteiger partial charge in [-0.15, -0.1) is 0 Å². The third-order valence-electron chi connectivity index (χ3n) is 4.45. The van der Waals surface area contributed by atoms with E-state index in [0.29, 0.717) is 12.8 Å². The quantitative estimate of drug-likeness (QED) is 0.358. The van der Waals surface area contributed by atoms with Gasteiger partial charge in [0.15, 0.2) is 0 Å². The van der Waals surface area contributed by atoms with Crippen molar-refractivity contribution in [2.75, 3.05) is 0 Å². The summed E-state index contributed by atoms with van der Waals surface area (Å²) in [6.07, 6.45) is 15.4. The summed E-state index contributed by atoms with van der Waals surface area (Å²) in [6.45, 7) is 2.10. The molecule has 0 amide bonds. The molecule has 1 aliphatic heterocycles. The molecule has 6 nitrogen and oxygen atoms in total. The summed E-state index contributed by atoms with van der Waals surface area (Å²) in [4.78, 5) is 10.5. The van der Waals surface area contributed by atoms with Gasteiger partial charge in [0.05, 0.1) is 24.4 Å². The largest absolute Gasteiger partial charge is 0.481 e. The van der Waals surface area contributed by atoms with E-state index in [1.807, 2.05) is 12.2 Å². The summed E-state index contributed by atoms with van der Waals surface area (Å²) < 4.78 is 5.67. The highest BCUT2D eigenvalue weighted by Crippen LogP contribution is 2.25. The van der Waals surface area contributed by atoms with Gasteiger partial charge in [-0.1, -0.05) is 55.5 Å². The van der Waals surface area contributed by atoms with Crippen molar-refractivity contribution in [2.24, 2.45) is 0 Å². The minimum Gasteiger partial charge on any atom is -0.481 e. The summed E-state index contributed by atoms with van der Waals surface area (Å²) in [6, 6.07) is 0. The van der Waals surface area contributed by atoms with Crippen LogP contribution in [-0.4, -0.2) is 56.9 Å². The average molecular weight is 395 g/mol. The van der Waals surface area contributed by atoms with Crippen molar-refractivity contribution in [1.82, 2.24) is 0 Å². The first-order valence-electron chi connectivity index (χ1n) is 9.98. The lowest BCUT2D eigenvalue weighted by Crippen LogP contribution is -2.25. The molecule has 1 saturated heterocycles. The van der Waals surface area contributed by atoms with Crippen molar-refractivity contribution >= 4 is 5.97 Å². The second-order valence-corrected chi connectivity index (χ2v) is 6.92. The topological polar surface area (TPSA) is 107 Å². The van der Waals surface area contributed by atoms with Crippen molar-refractivity contribution in [3.8, 4) is 0 Å². The van der Waals surface area contributed by atoms with Gasteiger partial charge in [-0.3, -0.25) is 4.79 Å². The number of hydrogen-bond acceptors (Lipinski definition) is 5. The lowest BCUT2D eigenvalue weighted by Gasteiger charge is -2.16. The van der Waals surface area contributed by atoms with Crippen LogP contribution in [0.15, 0.2) is 48.6 Å². The molecule has 1 heterocycles. The third-order valence-corrected chi connectivity index (χ3v) is 4.45. The van der Waals surface area contributed by atoms with Gasteiger partial charge in [0.25, 0.3) is 0 Å². The summed E-state index contributed by atoms with van der Waals surface area (Å²) >= 11 is 0. The van der Waals surface area contributed by atoms with Gasteiger partial charge in [0.2, 0.25) is 0 Å². The van der Waals surface area contributed by atoms with Crippen LogP contribution in [0.2, 0.25) is 0 Å². The first-order chi connectivity index (χ1) is 13.4. The molecular weight excluding hydrogens is 360 g/mol. The number of carboxylic acids is 1. The molecule has 4 N–H and O–H groups in total. The summed E-state index contributed by atoms with van der Waals surface area (Å²) in [5.41, 5.74) is 0. The molecule has 0 saturated carbocycles. The Morgan fingerprint density at radius 2 is 1.75 bits per heavy atom. The summed E-state index contributed by atoms with van der Waals surface area (Å²) in [7, 11) is 0. The van der Waals surface area contributed by atoms with Gasteiger partial charge in [-0.25, -0.2) is 0 Å². The fourth-order valence-electron chi connectivity index (χ4n) is 2.84. The molecule has 0 radical (unpaired) electrons. The molecule has 0 unspecified atom stereocenters. The number of ether oxygens (including phenoxy) is 1. The Morgan fingerprint density at radius 1 is 1.11 bits per heavy atom. The third kappa shape index (κ3) is 10.6. The molecule has 1 fully saturated rings. The average Bonchev–Trinajstić information content (AvgIpc) is 3.04. The Kier molecular flexibility index (Phi) is 12.4. The number of aliphatic hydroxyl groups is 3. The Morgan fingerprint density at radius 3 is 2.39 bits per heavy atom. The Balaban J connectivity index is 2.31. The number of rotatable bonds is 13. The predicted molar refractivity (Wildman–Crippen MR) is 109 cm³/mol. The molecule has 0 aromatic carbocycles. The number of carbonyl (C=O) groups is 1. The van der Waals surface area contributed by atoms with Crippen LogP contribution in [0.4, 0.5) is 0 Å². The fourth-order valence-corrected chi connectivity index (χ4v) is 2.84. The SMILES string of the molecule is CC/C=C\C/C=C\C/C=C\C[C@H](O)[C@H]1C[C@@H](O)[C@@H](/C=C/[C@H](O)CCC(=O)O)O1. The molecule has 1 aliphatic rings. The minimum absolute atomic E-state index is 0.106. The molecule has 0 bridgehead atoms. The number of aliphatic hydroxyl groups excluding tert-OH is 3. The van der Waals surface area contributed by atoms with Crippen LogP contribution < -0.4 is 0 Å². The van der Waals surface area contributed by atoms with Crippen LogP contribution >= 0.6 is 0 Å². The monoisotopic (exact) mass is 394 g/mol. The van der Waals surface area contributed by atoms with Crippen molar-refractivity contribution in [1.29, 1.82) is 0 Å². The second-order valence-electron chi connectivity index (χ2n) is 6.92. The maximum Gasteiger partial charge on any atom is 0.303 e. The predicted octanol–water partition coefficient (Wildman–Crippen LogP) is 2.90. The van der Waals surface area contributed by atoms with E-state index in [1.54, 1.807) is 0 Å². The molecule has 5 atom stereocenters. The molecule has 1 rings (SSSR count).